The SMILES string of the molecule is [Cl-].[Na+].c1ccc(Nc2ccc3ccccc3c2)cc1. The third-order valence-corrected chi connectivity index (χ3v) is 2.81. The summed E-state index contributed by atoms with van der Waals surface area (Å²) in [5.41, 5.74) is 2.23. The van der Waals surface area contributed by atoms with Crippen LogP contribution in [0, 0.1) is 0 Å². The van der Waals surface area contributed by atoms with Crippen molar-refractivity contribution in [3.63, 3.8) is 0 Å². The molecule has 0 aliphatic carbocycles. The minimum absolute atomic E-state index is 0. The fourth-order valence-corrected chi connectivity index (χ4v) is 1.96. The first-order valence-electron chi connectivity index (χ1n) is 5.73. The van der Waals surface area contributed by atoms with E-state index >= 15 is 0 Å². The van der Waals surface area contributed by atoms with E-state index in [0.29, 0.717) is 0 Å². The molecule has 0 amide bonds. The first kappa shape index (κ1) is 16.1. The Bertz CT molecular complexity index is 640. The van der Waals surface area contributed by atoms with E-state index in [9.17, 15) is 0 Å². The molecule has 0 aliphatic rings. The number of hydrogen-bond acceptors (Lipinski definition) is 1. The standard InChI is InChI=1S/C16H13N.ClH.Na/c1-2-8-15(9-3-1)17-16-11-10-13-6-4-5-7-14(13)12-16;;/h1-12,17H;1H;/q;;+1/p-1. The van der Waals surface area contributed by atoms with Gasteiger partial charge in [-0.05, 0) is 35.0 Å². The minimum atomic E-state index is 0. The summed E-state index contributed by atoms with van der Waals surface area (Å²) in [4.78, 5) is 0. The van der Waals surface area contributed by atoms with Crippen molar-refractivity contribution in [1.82, 2.24) is 0 Å². The summed E-state index contributed by atoms with van der Waals surface area (Å²) in [5, 5.41) is 5.92. The van der Waals surface area contributed by atoms with Crippen LogP contribution in [0.2, 0.25) is 0 Å². The maximum absolute atomic E-state index is 3.40. The monoisotopic (exact) mass is 277 g/mol. The summed E-state index contributed by atoms with van der Waals surface area (Å²) in [7, 11) is 0. The molecule has 1 N–H and O–H groups in total. The third-order valence-electron chi connectivity index (χ3n) is 2.81. The molecule has 0 atom stereocenters. The molecule has 0 radical (unpaired) electrons. The molecule has 0 aliphatic heterocycles. The minimum Gasteiger partial charge on any atom is -1.00 e. The predicted octanol–water partition coefficient (Wildman–Crippen LogP) is -1.41. The first-order chi connectivity index (χ1) is 8.42. The van der Waals surface area contributed by atoms with E-state index in [0.717, 1.165) is 11.4 Å². The van der Waals surface area contributed by atoms with Crippen molar-refractivity contribution in [2.24, 2.45) is 0 Å². The molecule has 0 unspecified atom stereocenters. The van der Waals surface area contributed by atoms with Crippen LogP contribution in [0.4, 0.5) is 11.4 Å². The Morgan fingerprint density at radius 1 is 0.579 bits per heavy atom. The van der Waals surface area contributed by atoms with Gasteiger partial charge in [-0.1, -0.05) is 48.5 Å². The van der Waals surface area contributed by atoms with Crippen LogP contribution in [-0.2, 0) is 0 Å². The number of halogens is 1. The molecule has 0 saturated heterocycles. The second-order valence-electron chi connectivity index (χ2n) is 4.05. The van der Waals surface area contributed by atoms with Crippen molar-refractivity contribution >= 4 is 22.1 Å². The number of rotatable bonds is 2. The molecule has 0 fully saturated rings. The van der Waals surface area contributed by atoms with Gasteiger partial charge in [0.25, 0.3) is 0 Å². The van der Waals surface area contributed by atoms with E-state index in [2.05, 4.69) is 59.9 Å². The first-order valence-corrected chi connectivity index (χ1v) is 5.73. The molecule has 0 heterocycles. The average molecular weight is 278 g/mol. The van der Waals surface area contributed by atoms with Crippen LogP contribution in [0.3, 0.4) is 0 Å². The molecular formula is C16H13ClNNa. The largest absolute Gasteiger partial charge is 1.00 e. The molecule has 3 rings (SSSR count). The van der Waals surface area contributed by atoms with Crippen molar-refractivity contribution in [3.05, 3.63) is 72.8 Å². The van der Waals surface area contributed by atoms with Gasteiger partial charge in [-0.2, -0.15) is 0 Å². The van der Waals surface area contributed by atoms with E-state index in [4.69, 9.17) is 0 Å². The molecule has 0 saturated carbocycles. The van der Waals surface area contributed by atoms with Crippen molar-refractivity contribution in [1.29, 1.82) is 0 Å². The van der Waals surface area contributed by atoms with Gasteiger partial charge >= 0.3 is 29.6 Å². The molecule has 0 aromatic heterocycles. The van der Waals surface area contributed by atoms with Crippen LogP contribution in [-0.4, -0.2) is 0 Å². The van der Waals surface area contributed by atoms with Gasteiger partial charge in [-0.15, -0.1) is 0 Å². The zero-order valence-corrected chi connectivity index (χ0v) is 13.6. The van der Waals surface area contributed by atoms with E-state index in [1.54, 1.807) is 0 Å². The van der Waals surface area contributed by atoms with Gasteiger partial charge < -0.3 is 17.7 Å². The second-order valence-corrected chi connectivity index (χ2v) is 4.05. The van der Waals surface area contributed by atoms with E-state index in [-0.39, 0.29) is 42.0 Å². The fraction of sp³-hybridized carbons (Fsp3) is 0. The van der Waals surface area contributed by atoms with Crippen LogP contribution in [0.25, 0.3) is 10.8 Å². The van der Waals surface area contributed by atoms with Gasteiger partial charge in [0.1, 0.15) is 0 Å². The van der Waals surface area contributed by atoms with Crippen LogP contribution in [0.1, 0.15) is 0 Å². The zero-order chi connectivity index (χ0) is 11.5. The summed E-state index contributed by atoms with van der Waals surface area (Å²) < 4.78 is 0. The number of nitrogens with one attached hydrogen (secondary N) is 1. The molecule has 19 heavy (non-hydrogen) atoms. The Morgan fingerprint density at radius 2 is 1.21 bits per heavy atom. The van der Waals surface area contributed by atoms with Gasteiger partial charge in [-0.25, -0.2) is 0 Å². The van der Waals surface area contributed by atoms with Gasteiger partial charge in [-0.3, -0.25) is 0 Å². The molecule has 3 aromatic rings. The Kier molecular flexibility index (Phi) is 6.40. The van der Waals surface area contributed by atoms with E-state index in [1.165, 1.54) is 10.8 Å². The quantitative estimate of drug-likeness (QED) is 0.568. The molecule has 3 aromatic carbocycles. The maximum Gasteiger partial charge on any atom is 1.00 e. The number of anilines is 2. The van der Waals surface area contributed by atoms with Crippen LogP contribution in [0.15, 0.2) is 72.8 Å². The Hall–Kier alpha value is -0.990. The maximum atomic E-state index is 3.40. The number of para-hydroxylation sites is 1. The molecule has 90 valence electrons. The summed E-state index contributed by atoms with van der Waals surface area (Å²) in [5.74, 6) is 0. The van der Waals surface area contributed by atoms with Crippen molar-refractivity contribution in [2.75, 3.05) is 5.32 Å². The van der Waals surface area contributed by atoms with E-state index < -0.39 is 0 Å². The van der Waals surface area contributed by atoms with Gasteiger partial charge in [0.15, 0.2) is 0 Å². The smallest absolute Gasteiger partial charge is 1.00 e. The fourth-order valence-electron chi connectivity index (χ4n) is 1.96. The summed E-state index contributed by atoms with van der Waals surface area (Å²) >= 11 is 0. The van der Waals surface area contributed by atoms with Crippen LogP contribution >= 0.6 is 0 Å². The normalized spacial score (nSPS) is 9.26. The Balaban J connectivity index is 0.000000902. The molecule has 0 bridgehead atoms. The Morgan fingerprint density at radius 3 is 1.95 bits per heavy atom. The Labute approximate surface area is 141 Å². The molecule has 1 nitrogen and oxygen atoms in total. The summed E-state index contributed by atoms with van der Waals surface area (Å²) in [6, 6.07) is 25.0. The zero-order valence-electron chi connectivity index (χ0n) is 10.8. The predicted molar refractivity (Wildman–Crippen MR) is 73.7 cm³/mol. The molecule has 3 heteroatoms. The molecular weight excluding hydrogens is 265 g/mol. The van der Waals surface area contributed by atoms with Crippen LogP contribution in [0.5, 0.6) is 0 Å². The summed E-state index contributed by atoms with van der Waals surface area (Å²) in [6.45, 7) is 0. The van der Waals surface area contributed by atoms with E-state index in [1.807, 2.05) is 18.2 Å². The number of hydrogen-bond donors (Lipinski definition) is 1. The second kappa shape index (κ2) is 7.56. The van der Waals surface area contributed by atoms with Crippen molar-refractivity contribution < 1.29 is 42.0 Å². The number of benzene rings is 3. The number of fused-ring (bicyclic) bond motifs is 1. The topological polar surface area (TPSA) is 12.0 Å². The molecule has 0 spiro atoms. The van der Waals surface area contributed by atoms with Gasteiger partial charge in [0.2, 0.25) is 0 Å². The summed E-state index contributed by atoms with van der Waals surface area (Å²) in [6.07, 6.45) is 0. The third kappa shape index (κ3) is 3.99. The van der Waals surface area contributed by atoms with Crippen molar-refractivity contribution in [2.45, 2.75) is 0 Å². The van der Waals surface area contributed by atoms with Crippen molar-refractivity contribution in [3.8, 4) is 0 Å². The average Bonchev–Trinajstić information content (AvgIpc) is 2.40. The van der Waals surface area contributed by atoms with Gasteiger partial charge in [0, 0.05) is 11.4 Å². The van der Waals surface area contributed by atoms with Gasteiger partial charge in [0.05, 0.1) is 0 Å². The van der Waals surface area contributed by atoms with Crippen LogP contribution < -0.4 is 47.3 Å².